The zero-order valence-electron chi connectivity index (χ0n) is 15.3. The number of carbonyl (C=O) groups excluding carboxylic acids is 1. The summed E-state index contributed by atoms with van der Waals surface area (Å²) in [7, 11) is 0. The van der Waals surface area contributed by atoms with Crippen LogP contribution in [0.2, 0.25) is 0 Å². The maximum absolute atomic E-state index is 12.5. The fraction of sp³-hybridized carbons (Fsp3) is 0.381. The molecule has 0 aliphatic carbocycles. The Hall–Kier alpha value is -2.53. The first-order valence-corrected chi connectivity index (χ1v) is 9.23. The molecule has 0 spiro atoms. The molecule has 2 aromatic rings. The van der Waals surface area contributed by atoms with Crippen molar-refractivity contribution in [2.45, 2.75) is 32.5 Å². The second kappa shape index (κ2) is 7.00. The van der Waals surface area contributed by atoms with E-state index in [1.807, 2.05) is 47.4 Å². The van der Waals surface area contributed by atoms with Gasteiger partial charge in [-0.25, -0.2) is 0 Å². The third kappa shape index (κ3) is 3.27. The summed E-state index contributed by atoms with van der Waals surface area (Å²) < 4.78 is 5.91. The number of amides is 1. The molecule has 0 radical (unpaired) electrons. The number of hydrogen-bond acceptors (Lipinski definition) is 4. The summed E-state index contributed by atoms with van der Waals surface area (Å²) in [5.74, 6) is 0.824. The molecule has 4 rings (SSSR count). The molecular formula is C21H25N3O2. The third-order valence-electron chi connectivity index (χ3n) is 4.99. The molecule has 5 heteroatoms. The standard InChI is InChI=1S/C21H25N3O2/c1-15-11-23(12-16(2)22-15)18-9-6-10-19-21(18)26-14-20(25)24(19)13-17-7-4-3-5-8-17/h3-10,15-16,22H,11-14H2,1-2H3. The van der Waals surface area contributed by atoms with E-state index in [-0.39, 0.29) is 12.5 Å². The summed E-state index contributed by atoms with van der Waals surface area (Å²) in [5, 5.41) is 3.56. The number of nitrogens with zero attached hydrogens (tertiary/aromatic N) is 2. The fourth-order valence-electron chi connectivity index (χ4n) is 3.93. The van der Waals surface area contributed by atoms with Crippen molar-refractivity contribution in [2.75, 3.05) is 29.5 Å². The highest BCUT2D eigenvalue weighted by molar-refractivity contribution is 5.99. The van der Waals surface area contributed by atoms with E-state index in [0.29, 0.717) is 18.6 Å². The Bertz CT molecular complexity index is 783. The van der Waals surface area contributed by atoms with Crippen LogP contribution in [-0.2, 0) is 11.3 Å². The van der Waals surface area contributed by atoms with Gasteiger partial charge in [0.2, 0.25) is 0 Å². The van der Waals surface area contributed by atoms with E-state index in [2.05, 4.69) is 30.1 Å². The molecule has 0 aromatic heterocycles. The zero-order valence-corrected chi connectivity index (χ0v) is 15.3. The molecule has 0 saturated carbocycles. The molecule has 2 aliphatic rings. The zero-order chi connectivity index (χ0) is 18.1. The van der Waals surface area contributed by atoms with Gasteiger partial charge in [-0.3, -0.25) is 4.79 Å². The van der Waals surface area contributed by atoms with Gasteiger partial charge in [0.05, 0.1) is 17.9 Å². The van der Waals surface area contributed by atoms with Crippen LogP contribution in [0.4, 0.5) is 11.4 Å². The first-order valence-electron chi connectivity index (χ1n) is 9.23. The lowest BCUT2D eigenvalue weighted by atomic mass is 10.1. The number of nitrogens with one attached hydrogen (secondary N) is 1. The van der Waals surface area contributed by atoms with Crippen molar-refractivity contribution in [1.82, 2.24) is 5.32 Å². The fourth-order valence-corrected chi connectivity index (χ4v) is 3.93. The minimum absolute atomic E-state index is 0.000509. The van der Waals surface area contributed by atoms with Gasteiger partial charge in [-0.05, 0) is 31.5 Å². The third-order valence-corrected chi connectivity index (χ3v) is 4.99. The molecule has 2 heterocycles. The van der Waals surface area contributed by atoms with Crippen LogP contribution in [0.5, 0.6) is 5.75 Å². The van der Waals surface area contributed by atoms with Crippen molar-refractivity contribution in [3.63, 3.8) is 0 Å². The topological polar surface area (TPSA) is 44.8 Å². The van der Waals surface area contributed by atoms with Crippen molar-refractivity contribution < 1.29 is 9.53 Å². The Balaban J connectivity index is 1.67. The number of fused-ring (bicyclic) bond motifs is 1. The van der Waals surface area contributed by atoms with Crippen LogP contribution in [0.15, 0.2) is 48.5 Å². The van der Waals surface area contributed by atoms with Crippen LogP contribution < -0.4 is 19.9 Å². The maximum atomic E-state index is 12.5. The average Bonchev–Trinajstić information content (AvgIpc) is 2.63. The number of rotatable bonds is 3. The largest absolute Gasteiger partial charge is 0.479 e. The van der Waals surface area contributed by atoms with Gasteiger partial charge in [0.1, 0.15) is 0 Å². The lowest BCUT2D eigenvalue weighted by Crippen LogP contribution is -2.54. The molecule has 26 heavy (non-hydrogen) atoms. The first-order chi connectivity index (χ1) is 12.6. The first kappa shape index (κ1) is 16.9. The lowest BCUT2D eigenvalue weighted by Gasteiger charge is -2.40. The second-order valence-corrected chi connectivity index (χ2v) is 7.25. The number of piperazine rings is 1. The van der Waals surface area contributed by atoms with E-state index in [0.717, 1.165) is 35.8 Å². The molecule has 1 saturated heterocycles. The monoisotopic (exact) mass is 351 g/mol. The molecule has 0 bridgehead atoms. The van der Waals surface area contributed by atoms with Gasteiger partial charge in [0.15, 0.2) is 12.4 Å². The van der Waals surface area contributed by atoms with Crippen LogP contribution in [0, 0.1) is 0 Å². The molecule has 136 valence electrons. The molecule has 1 amide bonds. The van der Waals surface area contributed by atoms with Crippen molar-refractivity contribution in [3.05, 3.63) is 54.1 Å². The predicted octanol–water partition coefficient (Wildman–Crippen LogP) is 2.80. The number of benzene rings is 2. The van der Waals surface area contributed by atoms with E-state index < -0.39 is 0 Å². The number of anilines is 2. The van der Waals surface area contributed by atoms with E-state index >= 15 is 0 Å². The van der Waals surface area contributed by atoms with Crippen molar-refractivity contribution in [2.24, 2.45) is 0 Å². The maximum Gasteiger partial charge on any atom is 0.265 e. The van der Waals surface area contributed by atoms with E-state index in [1.165, 1.54) is 0 Å². The Morgan fingerprint density at radius 2 is 1.69 bits per heavy atom. The van der Waals surface area contributed by atoms with Crippen molar-refractivity contribution in [3.8, 4) is 5.75 Å². The quantitative estimate of drug-likeness (QED) is 0.924. The van der Waals surface area contributed by atoms with Gasteiger partial charge in [0, 0.05) is 25.2 Å². The minimum atomic E-state index is 0.000509. The molecule has 2 aromatic carbocycles. The minimum Gasteiger partial charge on any atom is -0.479 e. The Morgan fingerprint density at radius 1 is 1.00 bits per heavy atom. The molecule has 1 fully saturated rings. The summed E-state index contributed by atoms with van der Waals surface area (Å²) in [6.07, 6.45) is 0. The van der Waals surface area contributed by atoms with Crippen LogP contribution in [0.1, 0.15) is 19.4 Å². The van der Waals surface area contributed by atoms with Crippen LogP contribution in [0.25, 0.3) is 0 Å². The van der Waals surface area contributed by atoms with Crippen molar-refractivity contribution >= 4 is 17.3 Å². The summed E-state index contributed by atoms with van der Waals surface area (Å²) in [6.45, 7) is 6.91. The van der Waals surface area contributed by atoms with Gasteiger partial charge in [-0.2, -0.15) is 0 Å². The van der Waals surface area contributed by atoms with Crippen LogP contribution >= 0.6 is 0 Å². The number of para-hydroxylation sites is 1. The normalized spacial score (nSPS) is 22.8. The second-order valence-electron chi connectivity index (χ2n) is 7.25. The molecule has 2 aliphatic heterocycles. The molecule has 2 atom stereocenters. The Labute approximate surface area is 154 Å². The van der Waals surface area contributed by atoms with Gasteiger partial charge < -0.3 is 19.9 Å². The van der Waals surface area contributed by atoms with Gasteiger partial charge in [-0.1, -0.05) is 36.4 Å². The lowest BCUT2D eigenvalue weighted by molar-refractivity contribution is -0.121. The SMILES string of the molecule is CC1CN(c2cccc3c2OCC(=O)N3Cc2ccccc2)CC(C)N1. The highest BCUT2D eigenvalue weighted by Crippen LogP contribution is 2.41. The van der Waals surface area contributed by atoms with E-state index in [4.69, 9.17) is 4.74 Å². The highest BCUT2D eigenvalue weighted by Gasteiger charge is 2.31. The van der Waals surface area contributed by atoms with E-state index in [1.54, 1.807) is 0 Å². The molecular weight excluding hydrogens is 326 g/mol. The average molecular weight is 351 g/mol. The van der Waals surface area contributed by atoms with Crippen LogP contribution in [-0.4, -0.2) is 37.7 Å². The van der Waals surface area contributed by atoms with Crippen molar-refractivity contribution in [1.29, 1.82) is 0 Å². The summed E-state index contributed by atoms with van der Waals surface area (Å²) in [6, 6.07) is 17.0. The summed E-state index contributed by atoms with van der Waals surface area (Å²) >= 11 is 0. The molecule has 2 unspecified atom stereocenters. The van der Waals surface area contributed by atoms with Gasteiger partial charge >= 0.3 is 0 Å². The Kier molecular flexibility index (Phi) is 4.55. The summed E-state index contributed by atoms with van der Waals surface area (Å²) in [4.78, 5) is 16.7. The molecule has 5 nitrogen and oxygen atoms in total. The van der Waals surface area contributed by atoms with Gasteiger partial charge in [0.25, 0.3) is 5.91 Å². The summed E-state index contributed by atoms with van der Waals surface area (Å²) in [5.41, 5.74) is 3.05. The smallest absolute Gasteiger partial charge is 0.265 e. The number of carbonyl (C=O) groups is 1. The number of hydrogen-bond donors (Lipinski definition) is 1. The van der Waals surface area contributed by atoms with Gasteiger partial charge in [-0.15, -0.1) is 0 Å². The van der Waals surface area contributed by atoms with E-state index in [9.17, 15) is 4.79 Å². The predicted molar refractivity (Wildman–Crippen MR) is 104 cm³/mol. The Morgan fingerprint density at radius 3 is 2.42 bits per heavy atom. The molecule has 1 N–H and O–H groups in total. The van der Waals surface area contributed by atoms with Crippen LogP contribution in [0.3, 0.4) is 0 Å². The highest BCUT2D eigenvalue weighted by atomic mass is 16.5. The number of ether oxygens (including phenoxy) is 1.